The lowest BCUT2D eigenvalue weighted by molar-refractivity contribution is -0.142. The Morgan fingerprint density at radius 1 is 0.886 bits per heavy atom. The van der Waals surface area contributed by atoms with Crippen LogP contribution in [-0.4, -0.2) is 63.8 Å². The fraction of sp³-hybridized carbons (Fsp3) is 0.583. The van der Waals surface area contributed by atoms with Crippen LogP contribution < -0.4 is 21.7 Å². The molecule has 35 heavy (non-hydrogen) atoms. The normalized spacial score (nSPS) is 16.2. The Bertz CT molecular complexity index is 866. The van der Waals surface area contributed by atoms with E-state index in [-0.39, 0.29) is 29.8 Å². The van der Waals surface area contributed by atoms with Crippen LogP contribution >= 0.6 is 12.6 Å². The van der Waals surface area contributed by atoms with Gasteiger partial charge >= 0.3 is 5.97 Å². The van der Waals surface area contributed by atoms with Crippen molar-refractivity contribution >= 4 is 36.3 Å². The highest BCUT2D eigenvalue weighted by molar-refractivity contribution is 7.80. The van der Waals surface area contributed by atoms with Crippen molar-refractivity contribution in [2.75, 3.05) is 5.75 Å². The number of thiol groups is 1. The van der Waals surface area contributed by atoms with Gasteiger partial charge in [-0.3, -0.25) is 14.4 Å². The average Bonchev–Trinajstić information content (AvgIpc) is 2.84. The van der Waals surface area contributed by atoms with Gasteiger partial charge in [0.2, 0.25) is 17.7 Å². The predicted octanol–water partition coefficient (Wildman–Crippen LogP) is 0.823. The number of phenolic OH excluding ortho intramolecular Hbond substituents is 1. The van der Waals surface area contributed by atoms with E-state index in [0.717, 1.165) is 0 Å². The van der Waals surface area contributed by atoms with Gasteiger partial charge in [-0.2, -0.15) is 12.6 Å². The molecule has 1 aromatic carbocycles. The predicted molar refractivity (Wildman–Crippen MR) is 136 cm³/mol. The molecular weight excluding hydrogens is 472 g/mol. The number of phenols is 1. The van der Waals surface area contributed by atoms with E-state index >= 15 is 0 Å². The number of aliphatic carboxylic acids is 1. The fourth-order valence-corrected chi connectivity index (χ4v) is 3.51. The Morgan fingerprint density at radius 3 is 1.91 bits per heavy atom. The number of carboxylic acid groups (broad SMARTS) is 1. The van der Waals surface area contributed by atoms with Crippen LogP contribution in [0.5, 0.6) is 5.75 Å². The molecule has 0 spiro atoms. The highest BCUT2D eigenvalue weighted by Gasteiger charge is 2.33. The standard InChI is InChI=1S/C24H38N4O6S/c1-5-13(3)19(25)22(31)26-17(11-15-7-9-16(29)10-8-15)21(30)28-20(14(4)6-2)23(32)27-18(12-35)24(33)34/h7-10,13-14,17-20,29,35H,5-6,11-12,25H2,1-4H3,(H,26,31)(H,27,32)(H,28,30)(H,33,34). The second-order valence-electron chi connectivity index (χ2n) is 8.80. The third kappa shape index (κ3) is 9.41. The highest BCUT2D eigenvalue weighted by atomic mass is 32.1. The Morgan fingerprint density at radius 2 is 1.43 bits per heavy atom. The van der Waals surface area contributed by atoms with Crippen molar-refractivity contribution in [3.63, 3.8) is 0 Å². The zero-order valence-electron chi connectivity index (χ0n) is 20.7. The summed E-state index contributed by atoms with van der Waals surface area (Å²) in [5, 5.41) is 26.6. The summed E-state index contributed by atoms with van der Waals surface area (Å²) in [6, 6.07) is 2.06. The van der Waals surface area contributed by atoms with Crippen LogP contribution in [0.4, 0.5) is 0 Å². The summed E-state index contributed by atoms with van der Waals surface area (Å²) in [5.41, 5.74) is 6.72. The first-order valence-electron chi connectivity index (χ1n) is 11.7. The van der Waals surface area contributed by atoms with Gasteiger partial charge in [-0.15, -0.1) is 0 Å². The number of carboxylic acids is 1. The van der Waals surface area contributed by atoms with Crippen LogP contribution in [0.1, 0.15) is 46.1 Å². The van der Waals surface area contributed by atoms with Gasteiger partial charge in [0.05, 0.1) is 6.04 Å². The van der Waals surface area contributed by atoms with Gasteiger partial charge in [0.15, 0.2) is 0 Å². The van der Waals surface area contributed by atoms with Crippen LogP contribution in [0.25, 0.3) is 0 Å². The van der Waals surface area contributed by atoms with E-state index < -0.39 is 47.9 Å². The lowest BCUT2D eigenvalue weighted by atomic mass is 9.96. The quantitative estimate of drug-likeness (QED) is 0.182. The van der Waals surface area contributed by atoms with Gasteiger partial charge in [0, 0.05) is 12.2 Å². The van der Waals surface area contributed by atoms with Gasteiger partial charge in [-0.1, -0.05) is 52.7 Å². The Balaban J connectivity index is 3.16. The molecule has 0 saturated heterocycles. The van der Waals surface area contributed by atoms with Crippen molar-refractivity contribution in [2.24, 2.45) is 17.6 Å². The summed E-state index contributed by atoms with van der Waals surface area (Å²) in [4.78, 5) is 50.3. The first kappa shape index (κ1) is 30.2. The Kier molecular flexibility index (Phi) is 12.6. The summed E-state index contributed by atoms with van der Waals surface area (Å²) in [6.07, 6.45) is 1.30. The molecule has 0 radical (unpaired) electrons. The van der Waals surface area contributed by atoms with E-state index in [0.29, 0.717) is 18.4 Å². The Labute approximate surface area is 211 Å². The van der Waals surface area contributed by atoms with Crippen molar-refractivity contribution < 1.29 is 29.4 Å². The average molecular weight is 511 g/mol. The van der Waals surface area contributed by atoms with Gasteiger partial charge in [-0.25, -0.2) is 4.79 Å². The molecule has 0 aliphatic heterocycles. The molecule has 11 heteroatoms. The van der Waals surface area contributed by atoms with Gasteiger partial charge in [-0.05, 0) is 29.5 Å². The maximum atomic E-state index is 13.3. The molecule has 1 aromatic rings. The molecule has 0 aliphatic carbocycles. The number of hydrogen-bond donors (Lipinski definition) is 7. The van der Waals surface area contributed by atoms with Crippen molar-refractivity contribution in [3.05, 3.63) is 29.8 Å². The summed E-state index contributed by atoms with van der Waals surface area (Å²) in [5.74, 6) is -3.48. The zero-order valence-corrected chi connectivity index (χ0v) is 21.5. The molecule has 0 saturated carbocycles. The van der Waals surface area contributed by atoms with Gasteiger partial charge in [0.25, 0.3) is 0 Å². The van der Waals surface area contributed by atoms with E-state index in [2.05, 4.69) is 28.6 Å². The zero-order chi connectivity index (χ0) is 26.7. The molecule has 1 rings (SSSR count). The number of carbonyl (C=O) groups is 4. The van der Waals surface area contributed by atoms with Gasteiger partial charge < -0.3 is 31.9 Å². The molecular formula is C24H38N4O6S. The maximum absolute atomic E-state index is 13.3. The van der Waals surface area contributed by atoms with E-state index in [1.165, 1.54) is 12.1 Å². The molecule has 0 fully saturated rings. The Hall–Kier alpha value is -2.79. The molecule has 3 amide bonds. The minimum absolute atomic E-state index is 0.0586. The number of nitrogens with two attached hydrogens (primary N) is 1. The minimum atomic E-state index is -1.24. The number of amides is 3. The first-order valence-corrected chi connectivity index (χ1v) is 12.4. The van der Waals surface area contributed by atoms with Gasteiger partial charge in [0.1, 0.15) is 23.9 Å². The fourth-order valence-electron chi connectivity index (χ4n) is 3.26. The van der Waals surface area contributed by atoms with E-state index in [1.54, 1.807) is 19.1 Å². The SMILES string of the molecule is CCC(C)C(N)C(=O)NC(Cc1ccc(O)cc1)C(=O)NC(C(=O)NC(CS)C(=O)O)C(C)CC. The largest absolute Gasteiger partial charge is 0.508 e. The molecule has 0 bridgehead atoms. The van der Waals surface area contributed by atoms with Crippen LogP contribution in [0.2, 0.25) is 0 Å². The number of benzene rings is 1. The third-order valence-electron chi connectivity index (χ3n) is 6.16. The van der Waals surface area contributed by atoms with E-state index in [9.17, 15) is 29.4 Å². The van der Waals surface area contributed by atoms with E-state index in [4.69, 9.17) is 5.73 Å². The highest BCUT2D eigenvalue weighted by Crippen LogP contribution is 2.14. The smallest absolute Gasteiger partial charge is 0.327 e. The molecule has 6 atom stereocenters. The lowest BCUT2D eigenvalue weighted by Crippen LogP contribution is -2.59. The summed E-state index contributed by atoms with van der Waals surface area (Å²) < 4.78 is 0. The first-order chi connectivity index (χ1) is 16.4. The van der Waals surface area contributed by atoms with Crippen molar-refractivity contribution in [1.29, 1.82) is 0 Å². The van der Waals surface area contributed by atoms with Crippen LogP contribution in [-0.2, 0) is 25.6 Å². The topological polar surface area (TPSA) is 171 Å². The number of rotatable bonds is 14. The third-order valence-corrected chi connectivity index (χ3v) is 6.52. The van der Waals surface area contributed by atoms with Crippen LogP contribution in [0, 0.1) is 11.8 Å². The minimum Gasteiger partial charge on any atom is -0.508 e. The number of nitrogens with one attached hydrogen (secondary N) is 3. The lowest BCUT2D eigenvalue weighted by Gasteiger charge is -2.28. The second-order valence-corrected chi connectivity index (χ2v) is 9.16. The summed E-state index contributed by atoms with van der Waals surface area (Å²) in [7, 11) is 0. The van der Waals surface area contributed by atoms with Crippen LogP contribution in [0.3, 0.4) is 0 Å². The molecule has 196 valence electrons. The number of carbonyl (C=O) groups excluding carboxylic acids is 3. The van der Waals surface area contributed by atoms with Crippen molar-refractivity contribution in [1.82, 2.24) is 16.0 Å². The van der Waals surface area contributed by atoms with Crippen molar-refractivity contribution in [3.8, 4) is 5.75 Å². The maximum Gasteiger partial charge on any atom is 0.327 e. The van der Waals surface area contributed by atoms with Crippen LogP contribution in [0.15, 0.2) is 24.3 Å². The molecule has 6 unspecified atom stereocenters. The molecule has 0 aliphatic rings. The molecule has 10 nitrogen and oxygen atoms in total. The number of hydrogen-bond acceptors (Lipinski definition) is 7. The molecule has 7 N–H and O–H groups in total. The van der Waals surface area contributed by atoms with E-state index in [1.807, 2.05) is 20.8 Å². The monoisotopic (exact) mass is 510 g/mol. The number of aromatic hydroxyl groups is 1. The van der Waals surface area contributed by atoms with Crippen molar-refractivity contribution in [2.45, 2.75) is 71.1 Å². The molecule has 0 heterocycles. The molecule has 0 aromatic heterocycles. The summed E-state index contributed by atoms with van der Waals surface area (Å²) in [6.45, 7) is 7.34. The summed E-state index contributed by atoms with van der Waals surface area (Å²) >= 11 is 3.96. The second kappa shape index (κ2) is 14.6.